The van der Waals surface area contributed by atoms with Crippen LogP contribution in [-0.4, -0.2) is 43.1 Å². The normalized spacial score (nSPS) is 18.6. The third-order valence-corrected chi connectivity index (χ3v) is 7.33. The highest BCUT2D eigenvalue weighted by atomic mass is 32.2. The van der Waals surface area contributed by atoms with Gasteiger partial charge in [0.1, 0.15) is 5.82 Å². The monoisotopic (exact) mass is 427 g/mol. The van der Waals surface area contributed by atoms with Crippen molar-refractivity contribution in [1.29, 1.82) is 0 Å². The van der Waals surface area contributed by atoms with E-state index in [1.807, 2.05) is 13.0 Å². The molecule has 30 heavy (non-hydrogen) atoms. The molecule has 1 atom stereocenters. The largest absolute Gasteiger partial charge is 0.358 e. The van der Waals surface area contributed by atoms with Crippen molar-refractivity contribution < 1.29 is 17.6 Å². The SMILES string of the molecule is C[C@@H]1Cc2cc(C(=O)N3CCc4[nH]c5ccc(F)cc5c4C3)ccc2N1S(C)(=O)=O. The second-order valence-corrected chi connectivity index (χ2v) is 10.1. The van der Waals surface area contributed by atoms with Crippen molar-refractivity contribution in [3.8, 4) is 0 Å². The Labute approximate surface area is 174 Å². The maximum absolute atomic E-state index is 13.7. The van der Waals surface area contributed by atoms with Crippen LogP contribution in [0.2, 0.25) is 0 Å². The summed E-state index contributed by atoms with van der Waals surface area (Å²) in [5, 5.41) is 0.814. The first kappa shape index (κ1) is 19.1. The number of sulfonamides is 1. The van der Waals surface area contributed by atoms with Gasteiger partial charge in [0.25, 0.3) is 5.91 Å². The molecule has 1 N–H and O–H groups in total. The van der Waals surface area contributed by atoms with Crippen molar-refractivity contribution in [2.75, 3.05) is 17.1 Å². The first-order valence-corrected chi connectivity index (χ1v) is 11.8. The Morgan fingerprint density at radius 1 is 1.20 bits per heavy atom. The molecular weight excluding hydrogens is 405 g/mol. The molecule has 0 spiro atoms. The van der Waals surface area contributed by atoms with E-state index < -0.39 is 10.0 Å². The fraction of sp³-hybridized carbons (Fsp3) is 0.318. The van der Waals surface area contributed by atoms with Gasteiger partial charge in [-0.15, -0.1) is 0 Å². The molecule has 0 bridgehead atoms. The number of fused-ring (bicyclic) bond motifs is 4. The van der Waals surface area contributed by atoms with Gasteiger partial charge in [-0.3, -0.25) is 9.10 Å². The van der Waals surface area contributed by atoms with Gasteiger partial charge in [0.15, 0.2) is 0 Å². The van der Waals surface area contributed by atoms with Gasteiger partial charge in [-0.1, -0.05) is 0 Å². The second-order valence-electron chi connectivity index (χ2n) is 8.20. The lowest BCUT2D eigenvalue weighted by atomic mass is 10.0. The van der Waals surface area contributed by atoms with Crippen LogP contribution in [-0.2, 0) is 29.4 Å². The molecule has 1 amide bonds. The van der Waals surface area contributed by atoms with Crippen LogP contribution in [0.15, 0.2) is 36.4 Å². The van der Waals surface area contributed by atoms with E-state index in [1.165, 1.54) is 22.7 Å². The fourth-order valence-corrected chi connectivity index (χ4v) is 6.05. The van der Waals surface area contributed by atoms with Gasteiger partial charge in [0.2, 0.25) is 10.0 Å². The lowest BCUT2D eigenvalue weighted by Crippen LogP contribution is -2.36. The average Bonchev–Trinajstić information content (AvgIpc) is 3.22. The fourth-order valence-electron chi connectivity index (χ4n) is 4.78. The number of aromatic amines is 1. The molecule has 0 unspecified atom stereocenters. The molecule has 0 saturated heterocycles. The van der Waals surface area contributed by atoms with Gasteiger partial charge < -0.3 is 9.88 Å². The molecule has 0 radical (unpaired) electrons. The summed E-state index contributed by atoms with van der Waals surface area (Å²) in [5.41, 5.74) is 4.95. The number of carbonyl (C=O) groups excluding carboxylic acids is 1. The number of amides is 1. The lowest BCUT2D eigenvalue weighted by Gasteiger charge is -2.27. The number of carbonyl (C=O) groups is 1. The summed E-state index contributed by atoms with van der Waals surface area (Å²) in [6.07, 6.45) is 2.46. The summed E-state index contributed by atoms with van der Waals surface area (Å²) in [5.74, 6) is -0.393. The molecule has 5 rings (SSSR count). The van der Waals surface area contributed by atoms with Crippen LogP contribution in [0.5, 0.6) is 0 Å². The van der Waals surface area contributed by atoms with Crippen molar-refractivity contribution in [3.05, 3.63) is 64.6 Å². The van der Waals surface area contributed by atoms with Gasteiger partial charge in [-0.05, 0) is 55.3 Å². The Morgan fingerprint density at radius 2 is 2.00 bits per heavy atom. The third kappa shape index (κ3) is 2.98. The third-order valence-electron chi connectivity index (χ3n) is 6.06. The Kier molecular flexibility index (Phi) is 4.18. The Balaban J connectivity index is 1.45. The summed E-state index contributed by atoms with van der Waals surface area (Å²) in [6.45, 7) is 2.86. The van der Waals surface area contributed by atoms with Gasteiger partial charge in [0.05, 0.1) is 11.9 Å². The number of aromatic nitrogens is 1. The molecule has 156 valence electrons. The topological polar surface area (TPSA) is 73.5 Å². The van der Waals surface area contributed by atoms with E-state index in [-0.39, 0.29) is 17.8 Å². The highest BCUT2D eigenvalue weighted by Gasteiger charge is 2.33. The average molecular weight is 428 g/mol. The zero-order chi connectivity index (χ0) is 21.2. The van der Waals surface area contributed by atoms with E-state index >= 15 is 0 Å². The molecule has 2 aliphatic heterocycles. The maximum atomic E-state index is 13.7. The van der Waals surface area contributed by atoms with Crippen LogP contribution in [0.25, 0.3) is 10.9 Å². The van der Waals surface area contributed by atoms with Gasteiger partial charge in [0, 0.05) is 53.3 Å². The minimum atomic E-state index is -3.37. The number of rotatable bonds is 2. The van der Waals surface area contributed by atoms with E-state index in [2.05, 4.69) is 4.98 Å². The van der Waals surface area contributed by atoms with Crippen molar-refractivity contribution in [2.24, 2.45) is 0 Å². The van der Waals surface area contributed by atoms with Crippen molar-refractivity contribution in [2.45, 2.75) is 32.4 Å². The summed E-state index contributed by atoms with van der Waals surface area (Å²) in [6, 6.07) is 9.73. The molecule has 3 aromatic rings. The number of nitrogens with zero attached hydrogens (tertiary/aromatic N) is 2. The van der Waals surface area contributed by atoms with Crippen molar-refractivity contribution in [3.63, 3.8) is 0 Å². The number of anilines is 1. The predicted molar refractivity (Wildman–Crippen MR) is 114 cm³/mol. The number of benzene rings is 2. The van der Waals surface area contributed by atoms with E-state index in [0.29, 0.717) is 37.2 Å². The standard InChI is InChI=1S/C22H22FN3O3S/c1-13-9-15-10-14(3-6-21(15)26(13)30(2,28)29)22(27)25-8-7-20-18(12-25)17-11-16(23)4-5-19(17)24-20/h3-6,10-11,13,24H,7-9,12H2,1-2H3/t13-/m1/s1. The number of nitrogens with one attached hydrogen (secondary N) is 1. The summed E-state index contributed by atoms with van der Waals surface area (Å²) < 4.78 is 39.4. The minimum Gasteiger partial charge on any atom is -0.358 e. The number of H-pyrrole nitrogens is 1. The number of hydrogen-bond donors (Lipinski definition) is 1. The smallest absolute Gasteiger partial charge is 0.254 e. The van der Waals surface area contributed by atoms with E-state index in [0.717, 1.165) is 27.7 Å². The van der Waals surface area contributed by atoms with Gasteiger partial charge in [-0.25, -0.2) is 12.8 Å². The number of halogens is 1. The first-order valence-electron chi connectivity index (χ1n) is 9.93. The van der Waals surface area contributed by atoms with Gasteiger partial charge in [-0.2, -0.15) is 0 Å². The molecule has 2 aromatic carbocycles. The maximum Gasteiger partial charge on any atom is 0.254 e. The van der Waals surface area contributed by atoms with E-state index in [1.54, 1.807) is 23.1 Å². The Bertz CT molecular complexity index is 1300. The lowest BCUT2D eigenvalue weighted by molar-refractivity contribution is 0.0735. The van der Waals surface area contributed by atoms with Crippen LogP contribution in [0.1, 0.15) is 34.1 Å². The van der Waals surface area contributed by atoms with Crippen LogP contribution in [0, 0.1) is 5.82 Å². The zero-order valence-corrected chi connectivity index (χ0v) is 17.6. The van der Waals surface area contributed by atoms with Crippen LogP contribution in [0.3, 0.4) is 0 Å². The molecule has 0 fully saturated rings. The van der Waals surface area contributed by atoms with Crippen LogP contribution < -0.4 is 4.31 Å². The zero-order valence-electron chi connectivity index (χ0n) is 16.8. The molecule has 3 heterocycles. The number of hydrogen-bond acceptors (Lipinski definition) is 3. The highest BCUT2D eigenvalue weighted by molar-refractivity contribution is 7.92. The molecule has 0 saturated carbocycles. The van der Waals surface area contributed by atoms with E-state index in [9.17, 15) is 17.6 Å². The van der Waals surface area contributed by atoms with Crippen LogP contribution in [0.4, 0.5) is 10.1 Å². The first-order chi connectivity index (χ1) is 14.2. The molecule has 2 aliphatic rings. The molecule has 1 aromatic heterocycles. The van der Waals surface area contributed by atoms with Gasteiger partial charge >= 0.3 is 0 Å². The van der Waals surface area contributed by atoms with Crippen LogP contribution >= 0.6 is 0 Å². The summed E-state index contributed by atoms with van der Waals surface area (Å²) in [7, 11) is -3.37. The van der Waals surface area contributed by atoms with E-state index in [4.69, 9.17) is 0 Å². The second kappa shape index (κ2) is 6.57. The molecule has 6 nitrogen and oxygen atoms in total. The Morgan fingerprint density at radius 3 is 2.77 bits per heavy atom. The van der Waals surface area contributed by atoms with Crippen molar-refractivity contribution >= 4 is 32.5 Å². The minimum absolute atomic E-state index is 0.0975. The molecular formula is C22H22FN3O3S. The summed E-state index contributed by atoms with van der Waals surface area (Å²) >= 11 is 0. The quantitative estimate of drug-likeness (QED) is 0.683. The molecule has 8 heteroatoms. The Hall–Kier alpha value is -2.87. The highest BCUT2D eigenvalue weighted by Crippen LogP contribution is 2.35. The molecule has 0 aliphatic carbocycles. The summed E-state index contributed by atoms with van der Waals surface area (Å²) in [4.78, 5) is 18.3. The van der Waals surface area contributed by atoms with Crippen molar-refractivity contribution in [1.82, 2.24) is 9.88 Å². The predicted octanol–water partition coefficient (Wildman–Crippen LogP) is 3.22.